The molecule has 4 heteroatoms. The van der Waals surface area contributed by atoms with Crippen molar-refractivity contribution in [2.45, 2.75) is 18.9 Å². The van der Waals surface area contributed by atoms with Crippen molar-refractivity contribution in [3.63, 3.8) is 0 Å². The Kier molecular flexibility index (Phi) is 3.59. The van der Waals surface area contributed by atoms with Crippen molar-refractivity contribution >= 4 is 21.7 Å². The van der Waals surface area contributed by atoms with E-state index in [4.69, 9.17) is 0 Å². The van der Waals surface area contributed by atoms with Gasteiger partial charge in [-0.3, -0.25) is 0 Å². The molecule has 1 aromatic rings. The predicted molar refractivity (Wildman–Crippen MR) is 66.2 cm³/mol. The number of nitrogens with zero attached hydrogens (tertiary/aromatic N) is 2. The van der Waals surface area contributed by atoms with E-state index in [-0.39, 0.29) is 0 Å². The largest absolute Gasteiger partial charge is 0.355 e. The molecule has 1 unspecified atom stereocenters. The summed E-state index contributed by atoms with van der Waals surface area (Å²) in [5, 5.41) is 3.42. The molecule has 1 aliphatic rings. The first-order valence-corrected chi connectivity index (χ1v) is 6.13. The Hall–Kier alpha value is -0.610. The maximum absolute atomic E-state index is 4.46. The summed E-state index contributed by atoms with van der Waals surface area (Å²) >= 11 is 3.40. The molecule has 0 aromatic carbocycles. The third-order valence-corrected chi connectivity index (χ3v) is 3.32. The third kappa shape index (κ3) is 2.69. The normalized spacial score (nSPS) is 21.3. The fraction of sp³-hybridized carbons (Fsp3) is 0.545. The lowest BCUT2D eigenvalue weighted by Gasteiger charge is -2.32. The lowest BCUT2D eigenvalue weighted by Crippen LogP contribution is -2.44. The second-order valence-electron chi connectivity index (χ2n) is 3.93. The zero-order valence-electron chi connectivity index (χ0n) is 8.91. The van der Waals surface area contributed by atoms with Gasteiger partial charge < -0.3 is 10.2 Å². The van der Waals surface area contributed by atoms with Gasteiger partial charge in [-0.15, -0.1) is 0 Å². The third-order valence-electron chi connectivity index (χ3n) is 2.88. The van der Waals surface area contributed by atoms with Crippen molar-refractivity contribution in [3.05, 3.63) is 22.8 Å². The highest BCUT2D eigenvalue weighted by atomic mass is 79.9. The smallest absolute Gasteiger partial charge is 0.129 e. The van der Waals surface area contributed by atoms with Gasteiger partial charge in [0.2, 0.25) is 0 Å². The maximum Gasteiger partial charge on any atom is 0.129 e. The number of pyridine rings is 1. The van der Waals surface area contributed by atoms with Gasteiger partial charge in [-0.1, -0.05) is 6.07 Å². The van der Waals surface area contributed by atoms with Gasteiger partial charge in [0.15, 0.2) is 0 Å². The van der Waals surface area contributed by atoms with Gasteiger partial charge in [-0.2, -0.15) is 0 Å². The monoisotopic (exact) mass is 269 g/mol. The molecule has 1 N–H and O–H groups in total. The lowest BCUT2D eigenvalue weighted by molar-refractivity contribution is 0.443. The Bertz CT molecular complexity index is 323. The first kappa shape index (κ1) is 10.9. The van der Waals surface area contributed by atoms with Crippen LogP contribution in [0.5, 0.6) is 0 Å². The van der Waals surface area contributed by atoms with E-state index in [1.807, 2.05) is 12.1 Å². The van der Waals surface area contributed by atoms with Crippen LogP contribution in [0.15, 0.2) is 22.8 Å². The number of anilines is 1. The minimum absolute atomic E-state index is 0.570. The minimum atomic E-state index is 0.570. The van der Waals surface area contributed by atoms with E-state index >= 15 is 0 Å². The molecule has 3 nitrogen and oxygen atoms in total. The number of likely N-dealkylation sites (N-methyl/N-ethyl adjacent to an activating group) is 1. The summed E-state index contributed by atoms with van der Waals surface area (Å²) in [7, 11) is 2.12. The summed E-state index contributed by atoms with van der Waals surface area (Å²) in [5.74, 6) is 1.04. The fourth-order valence-electron chi connectivity index (χ4n) is 1.95. The first-order valence-electron chi connectivity index (χ1n) is 5.33. The van der Waals surface area contributed by atoms with Gasteiger partial charge in [0.05, 0.1) is 0 Å². The van der Waals surface area contributed by atoms with Crippen LogP contribution in [-0.4, -0.2) is 31.2 Å². The summed E-state index contributed by atoms with van der Waals surface area (Å²) in [5.41, 5.74) is 0. The Balaban J connectivity index is 2.08. The van der Waals surface area contributed by atoms with Crippen LogP contribution in [0.2, 0.25) is 0 Å². The Morgan fingerprint density at radius 3 is 3.07 bits per heavy atom. The van der Waals surface area contributed by atoms with E-state index in [0.29, 0.717) is 6.04 Å². The number of halogens is 1. The average Bonchev–Trinajstić information content (AvgIpc) is 2.29. The van der Waals surface area contributed by atoms with Gasteiger partial charge in [-0.25, -0.2) is 4.98 Å². The summed E-state index contributed by atoms with van der Waals surface area (Å²) in [6.45, 7) is 2.21. The van der Waals surface area contributed by atoms with Gasteiger partial charge in [0.25, 0.3) is 0 Å². The summed E-state index contributed by atoms with van der Waals surface area (Å²) in [4.78, 5) is 6.72. The molecule has 1 aromatic heterocycles. The molecular formula is C11H16BrN3. The molecule has 1 atom stereocenters. The molecule has 0 bridgehead atoms. The molecule has 1 aliphatic heterocycles. The molecule has 0 radical (unpaired) electrons. The van der Waals surface area contributed by atoms with Crippen LogP contribution in [0, 0.1) is 0 Å². The molecular weight excluding hydrogens is 254 g/mol. The van der Waals surface area contributed by atoms with E-state index in [2.05, 4.69) is 44.2 Å². The van der Waals surface area contributed by atoms with E-state index in [0.717, 1.165) is 23.5 Å². The molecule has 82 valence electrons. The number of hydrogen-bond acceptors (Lipinski definition) is 3. The standard InChI is InChI=1S/C11H16BrN3/c1-15(9-4-3-7-13-8-9)11-6-2-5-10(12)14-11/h2,5-6,9,13H,3-4,7-8H2,1H3. The molecule has 2 rings (SSSR count). The zero-order valence-corrected chi connectivity index (χ0v) is 10.5. The summed E-state index contributed by atoms with van der Waals surface area (Å²) in [6.07, 6.45) is 2.50. The highest BCUT2D eigenvalue weighted by molar-refractivity contribution is 9.10. The van der Waals surface area contributed by atoms with E-state index < -0.39 is 0 Å². The number of nitrogens with one attached hydrogen (secondary N) is 1. The summed E-state index contributed by atoms with van der Waals surface area (Å²) in [6, 6.07) is 6.61. The highest BCUT2D eigenvalue weighted by Gasteiger charge is 2.18. The molecule has 1 saturated heterocycles. The molecule has 0 aliphatic carbocycles. The first-order chi connectivity index (χ1) is 7.27. The Morgan fingerprint density at radius 2 is 2.40 bits per heavy atom. The predicted octanol–water partition coefficient (Wildman–Crippen LogP) is 2.03. The van der Waals surface area contributed by atoms with E-state index in [9.17, 15) is 0 Å². The van der Waals surface area contributed by atoms with Crippen LogP contribution in [0.4, 0.5) is 5.82 Å². The number of hydrogen-bond donors (Lipinski definition) is 1. The molecule has 0 spiro atoms. The molecule has 0 saturated carbocycles. The van der Waals surface area contributed by atoms with Gasteiger partial charge >= 0.3 is 0 Å². The number of rotatable bonds is 2. The Morgan fingerprint density at radius 1 is 1.53 bits per heavy atom. The minimum Gasteiger partial charge on any atom is -0.355 e. The SMILES string of the molecule is CN(c1cccc(Br)n1)C1CCCNC1. The van der Waals surface area contributed by atoms with Crippen LogP contribution in [-0.2, 0) is 0 Å². The molecule has 15 heavy (non-hydrogen) atoms. The van der Waals surface area contributed by atoms with Gasteiger partial charge in [0, 0.05) is 19.6 Å². The van der Waals surface area contributed by atoms with Crippen LogP contribution in [0.3, 0.4) is 0 Å². The van der Waals surface area contributed by atoms with Crippen LogP contribution < -0.4 is 10.2 Å². The second kappa shape index (κ2) is 4.94. The van der Waals surface area contributed by atoms with E-state index in [1.54, 1.807) is 0 Å². The van der Waals surface area contributed by atoms with Crippen LogP contribution in [0.1, 0.15) is 12.8 Å². The fourth-order valence-corrected chi connectivity index (χ4v) is 2.28. The summed E-state index contributed by atoms with van der Waals surface area (Å²) < 4.78 is 0.899. The van der Waals surface area contributed by atoms with Crippen LogP contribution in [0.25, 0.3) is 0 Å². The van der Waals surface area contributed by atoms with Crippen molar-refractivity contribution in [1.29, 1.82) is 0 Å². The number of aromatic nitrogens is 1. The van der Waals surface area contributed by atoms with Crippen molar-refractivity contribution in [3.8, 4) is 0 Å². The van der Waals surface area contributed by atoms with Crippen LogP contribution >= 0.6 is 15.9 Å². The van der Waals surface area contributed by atoms with E-state index in [1.165, 1.54) is 12.8 Å². The Labute approximate surface area is 99.0 Å². The second-order valence-corrected chi connectivity index (χ2v) is 4.74. The van der Waals surface area contributed by atoms with Crippen molar-refractivity contribution < 1.29 is 0 Å². The number of piperidine rings is 1. The highest BCUT2D eigenvalue weighted by Crippen LogP contribution is 2.18. The van der Waals surface area contributed by atoms with Crippen molar-refractivity contribution in [1.82, 2.24) is 10.3 Å². The quantitative estimate of drug-likeness (QED) is 0.833. The average molecular weight is 270 g/mol. The lowest BCUT2D eigenvalue weighted by atomic mass is 10.1. The zero-order chi connectivity index (χ0) is 10.7. The molecule has 1 fully saturated rings. The van der Waals surface area contributed by atoms with Gasteiger partial charge in [0.1, 0.15) is 10.4 Å². The van der Waals surface area contributed by atoms with Crippen molar-refractivity contribution in [2.75, 3.05) is 25.0 Å². The molecule has 2 heterocycles. The van der Waals surface area contributed by atoms with Crippen molar-refractivity contribution in [2.24, 2.45) is 0 Å². The maximum atomic E-state index is 4.46. The topological polar surface area (TPSA) is 28.2 Å². The van der Waals surface area contributed by atoms with Gasteiger partial charge in [-0.05, 0) is 47.4 Å². The molecule has 0 amide bonds.